The average molecular weight is 329 g/mol. The minimum absolute atomic E-state index is 0.337. The lowest BCUT2D eigenvalue weighted by Gasteiger charge is -2.12. The van der Waals surface area contributed by atoms with Crippen LogP contribution in [0.1, 0.15) is 11.7 Å². The second-order valence-corrected chi connectivity index (χ2v) is 5.03. The van der Waals surface area contributed by atoms with E-state index in [1.807, 2.05) is 0 Å². The highest BCUT2D eigenvalue weighted by Gasteiger charge is 2.07. The van der Waals surface area contributed by atoms with Gasteiger partial charge in [-0.25, -0.2) is 9.97 Å². The predicted molar refractivity (Wildman–Crippen MR) is 74.6 cm³/mol. The number of anilines is 1. The Morgan fingerprint density at radius 3 is 2.44 bits per heavy atom. The summed E-state index contributed by atoms with van der Waals surface area (Å²) in [6.45, 7) is 0.337. The molecule has 2 aromatic rings. The third-order valence-electron chi connectivity index (χ3n) is 2.33. The first-order valence-electron chi connectivity index (χ1n) is 5.30. The number of hydrogen-bond donors (Lipinski definition) is 2. The van der Waals surface area contributed by atoms with Gasteiger partial charge in [0.1, 0.15) is 0 Å². The topological polar surface area (TPSA) is 58.0 Å². The molecule has 6 heteroatoms. The van der Waals surface area contributed by atoms with Crippen LogP contribution in [0.15, 0.2) is 41.1 Å². The number of nitrogens with zero attached hydrogens (tertiary/aromatic N) is 2. The number of aliphatic hydroxyl groups is 1. The van der Waals surface area contributed by atoms with E-state index < -0.39 is 6.10 Å². The average Bonchev–Trinajstić information content (AvgIpc) is 2.38. The molecule has 0 fully saturated rings. The van der Waals surface area contributed by atoms with Gasteiger partial charge in [-0.3, -0.25) is 0 Å². The molecule has 1 heterocycles. The van der Waals surface area contributed by atoms with Crippen molar-refractivity contribution in [2.24, 2.45) is 0 Å². The van der Waals surface area contributed by atoms with E-state index in [4.69, 9.17) is 11.6 Å². The molecule has 0 saturated carbocycles. The highest BCUT2D eigenvalue weighted by Crippen LogP contribution is 2.16. The molecule has 0 aliphatic carbocycles. The molecule has 0 radical (unpaired) electrons. The van der Waals surface area contributed by atoms with Gasteiger partial charge in [-0.05, 0) is 33.6 Å². The van der Waals surface area contributed by atoms with Crippen molar-refractivity contribution in [3.8, 4) is 0 Å². The number of aliphatic hydroxyl groups excluding tert-OH is 1. The van der Waals surface area contributed by atoms with Crippen LogP contribution in [-0.2, 0) is 0 Å². The summed E-state index contributed by atoms with van der Waals surface area (Å²) >= 11 is 9.04. The number of halogens is 2. The Morgan fingerprint density at radius 1 is 1.22 bits per heavy atom. The Labute approximate surface area is 118 Å². The molecular weight excluding hydrogens is 318 g/mol. The zero-order valence-electron chi connectivity index (χ0n) is 9.35. The van der Waals surface area contributed by atoms with Gasteiger partial charge in [0.25, 0.3) is 0 Å². The van der Waals surface area contributed by atoms with Crippen molar-refractivity contribution in [3.05, 3.63) is 51.7 Å². The summed E-state index contributed by atoms with van der Waals surface area (Å²) in [7, 11) is 0. The molecule has 0 amide bonds. The molecule has 0 aliphatic heterocycles. The summed E-state index contributed by atoms with van der Waals surface area (Å²) in [6, 6.07) is 7.07. The maximum Gasteiger partial charge on any atom is 0.222 e. The minimum Gasteiger partial charge on any atom is -0.387 e. The highest BCUT2D eigenvalue weighted by atomic mass is 79.9. The van der Waals surface area contributed by atoms with Crippen LogP contribution in [0, 0.1) is 0 Å². The van der Waals surface area contributed by atoms with Gasteiger partial charge in [-0.1, -0.05) is 23.7 Å². The summed E-state index contributed by atoms with van der Waals surface area (Å²) in [5.41, 5.74) is 0.795. The number of nitrogens with one attached hydrogen (secondary N) is 1. The predicted octanol–water partition coefficient (Wildman–Crippen LogP) is 3.04. The molecule has 0 saturated heterocycles. The fourth-order valence-corrected chi connectivity index (χ4v) is 1.73. The molecule has 0 aliphatic rings. The van der Waals surface area contributed by atoms with E-state index >= 15 is 0 Å². The zero-order chi connectivity index (χ0) is 13.0. The standard InChI is InChI=1S/C12H11BrClN3O/c13-9-5-15-12(16-6-9)17-7-11(18)8-1-3-10(14)4-2-8/h1-6,11,18H,7H2,(H,15,16,17). The van der Waals surface area contributed by atoms with Gasteiger partial charge in [-0.15, -0.1) is 0 Å². The van der Waals surface area contributed by atoms with E-state index in [1.54, 1.807) is 36.7 Å². The Kier molecular flexibility index (Phi) is 4.52. The molecule has 2 rings (SSSR count). The lowest BCUT2D eigenvalue weighted by Crippen LogP contribution is -2.13. The summed E-state index contributed by atoms with van der Waals surface area (Å²) in [6.07, 6.45) is 2.66. The molecule has 0 bridgehead atoms. The van der Waals surface area contributed by atoms with Crippen molar-refractivity contribution >= 4 is 33.5 Å². The number of rotatable bonds is 4. The van der Waals surface area contributed by atoms with E-state index in [-0.39, 0.29) is 0 Å². The number of hydrogen-bond acceptors (Lipinski definition) is 4. The van der Waals surface area contributed by atoms with Gasteiger partial charge < -0.3 is 10.4 Å². The first-order chi connectivity index (χ1) is 8.65. The van der Waals surface area contributed by atoms with Crippen LogP contribution in [0.5, 0.6) is 0 Å². The first kappa shape index (κ1) is 13.3. The molecule has 2 N–H and O–H groups in total. The third kappa shape index (κ3) is 3.66. The van der Waals surface area contributed by atoms with Gasteiger partial charge >= 0.3 is 0 Å². The molecule has 4 nitrogen and oxygen atoms in total. The smallest absolute Gasteiger partial charge is 0.222 e. The van der Waals surface area contributed by atoms with E-state index in [2.05, 4.69) is 31.2 Å². The van der Waals surface area contributed by atoms with Crippen molar-refractivity contribution in [3.63, 3.8) is 0 Å². The molecule has 94 valence electrons. The van der Waals surface area contributed by atoms with Gasteiger partial charge in [-0.2, -0.15) is 0 Å². The fraction of sp³-hybridized carbons (Fsp3) is 0.167. The summed E-state index contributed by atoms with van der Waals surface area (Å²) in [4.78, 5) is 8.11. The van der Waals surface area contributed by atoms with Crippen molar-refractivity contribution in [2.45, 2.75) is 6.10 Å². The minimum atomic E-state index is -0.630. The van der Waals surface area contributed by atoms with Gasteiger partial charge in [0, 0.05) is 24.0 Å². The Balaban J connectivity index is 1.93. The maximum absolute atomic E-state index is 9.96. The van der Waals surface area contributed by atoms with Gasteiger partial charge in [0.2, 0.25) is 5.95 Å². The van der Waals surface area contributed by atoms with Crippen molar-refractivity contribution < 1.29 is 5.11 Å². The van der Waals surface area contributed by atoms with Crippen LogP contribution >= 0.6 is 27.5 Å². The van der Waals surface area contributed by atoms with Crippen LogP contribution in [0.25, 0.3) is 0 Å². The van der Waals surface area contributed by atoms with Crippen LogP contribution in [0.3, 0.4) is 0 Å². The SMILES string of the molecule is OC(CNc1ncc(Br)cn1)c1ccc(Cl)cc1. The molecule has 1 atom stereocenters. The molecule has 0 spiro atoms. The van der Waals surface area contributed by atoms with Gasteiger partial charge in [0.05, 0.1) is 10.6 Å². The molecule has 1 aromatic carbocycles. The second kappa shape index (κ2) is 6.13. The number of aromatic nitrogens is 2. The quantitative estimate of drug-likeness (QED) is 0.906. The Bertz CT molecular complexity index is 504. The number of benzene rings is 1. The van der Waals surface area contributed by atoms with Crippen LogP contribution in [0.4, 0.5) is 5.95 Å². The van der Waals surface area contributed by atoms with E-state index in [0.717, 1.165) is 10.0 Å². The molecule has 1 unspecified atom stereocenters. The van der Waals surface area contributed by atoms with Crippen molar-refractivity contribution in [1.82, 2.24) is 9.97 Å². The summed E-state index contributed by atoms with van der Waals surface area (Å²) < 4.78 is 0.811. The van der Waals surface area contributed by atoms with E-state index in [1.165, 1.54) is 0 Å². The van der Waals surface area contributed by atoms with E-state index in [0.29, 0.717) is 17.5 Å². The third-order valence-corrected chi connectivity index (χ3v) is 2.99. The maximum atomic E-state index is 9.96. The van der Waals surface area contributed by atoms with Crippen molar-refractivity contribution in [1.29, 1.82) is 0 Å². The lowest BCUT2D eigenvalue weighted by atomic mass is 10.1. The van der Waals surface area contributed by atoms with Crippen LogP contribution < -0.4 is 5.32 Å². The van der Waals surface area contributed by atoms with Gasteiger partial charge in [0.15, 0.2) is 0 Å². The zero-order valence-corrected chi connectivity index (χ0v) is 11.7. The fourth-order valence-electron chi connectivity index (χ4n) is 1.39. The summed E-state index contributed by atoms with van der Waals surface area (Å²) in [5, 5.41) is 13.6. The van der Waals surface area contributed by atoms with Crippen molar-refractivity contribution in [2.75, 3.05) is 11.9 Å². The van der Waals surface area contributed by atoms with E-state index in [9.17, 15) is 5.11 Å². The highest BCUT2D eigenvalue weighted by molar-refractivity contribution is 9.10. The molecular formula is C12H11BrClN3O. The Hall–Kier alpha value is -1.17. The first-order valence-corrected chi connectivity index (χ1v) is 6.47. The Morgan fingerprint density at radius 2 is 1.83 bits per heavy atom. The second-order valence-electron chi connectivity index (χ2n) is 3.67. The largest absolute Gasteiger partial charge is 0.387 e. The van der Waals surface area contributed by atoms with Crippen LogP contribution in [0.2, 0.25) is 5.02 Å². The normalized spacial score (nSPS) is 12.2. The monoisotopic (exact) mass is 327 g/mol. The molecule has 1 aromatic heterocycles. The lowest BCUT2D eigenvalue weighted by molar-refractivity contribution is 0.191. The summed E-state index contributed by atoms with van der Waals surface area (Å²) in [5.74, 6) is 0.478. The molecule has 18 heavy (non-hydrogen) atoms. The van der Waals surface area contributed by atoms with Crippen LogP contribution in [-0.4, -0.2) is 21.6 Å².